The van der Waals surface area contributed by atoms with Crippen LogP contribution in [0.4, 0.5) is 4.79 Å². The lowest BCUT2D eigenvalue weighted by Gasteiger charge is -2.40. The van der Waals surface area contributed by atoms with E-state index in [2.05, 4.69) is 14.8 Å². The molecule has 1 N–H and O–H groups in total. The van der Waals surface area contributed by atoms with Gasteiger partial charge in [0, 0.05) is 24.4 Å². The van der Waals surface area contributed by atoms with Crippen molar-refractivity contribution in [3.8, 4) is 0 Å². The van der Waals surface area contributed by atoms with Crippen molar-refractivity contribution in [2.45, 2.75) is 44.4 Å². The minimum absolute atomic E-state index is 0.0946. The summed E-state index contributed by atoms with van der Waals surface area (Å²) in [6.45, 7) is 5.15. The molecule has 0 bridgehead atoms. The molecule has 0 aromatic rings. The number of carbonyl (C=O) groups excluding carboxylic acids is 2. The Kier molecular flexibility index (Phi) is 5.03. The average Bonchev–Trinajstić information content (AvgIpc) is 2.38. The van der Waals surface area contributed by atoms with E-state index in [-0.39, 0.29) is 19.5 Å². The maximum atomic E-state index is 12.0. The molecular weight excluding hydrogens is 280 g/mol. The van der Waals surface area contributed by atoms with Gasteiger partial charge in [-0.05, 0) is 26.3 Å². The average molecular weight is 300 g/mol. The van der Waals surface area contributed by atoms with E-state index < -0.39 is 29.3 Å². The van der Waals surface area contributed by atoms with Gasteiger partial charge in [0.2, 0.25) is 0 Å². The van der Waals surface area contributed by atoms with E-state index in [9.17, 15) is 14.7 Å². The lowest BCUT2D eigenvalue weighted by molar-refractivity contribution is -0.169. The maximum absolute atomic E-state index is 12.0. The Bertz CT molecular complexity index is 469. The summed E-state index contributed by atoms with van der Waals surface area (Å²) in [5.41, 5.74) is 5.98. The van der Waals surface area contributed by atoms with Gasteiger partial charge in [-0.2, -0.15) is 0 Å². The van der Waals surface area contributed by atoms with E-state index in [0.717, 1.165) is 7.11 Å². The van der Waals surface area contributed by atoms with Crippen molar-refractivity contribution >= 4 is 12.1 Å². The van der Waals surface area contributed by atoms with Crippen LogP contribution in [-0.4, -0.2) is 59.5 Å². The molecule has 0 aromatic heterocycles. The highest BCUT2D eigenvalue weighted by atomic mass is 16.6. The van der Waals surface area contributed by atoms with E-state index in [1.807, 2.05) is 0 Å². The van der Waals surface area contributed by atoms with Crippen molar-refractivity contribution in [2.75, 3.05) is 20.2 Å². The van der Waals surface area contributed by atoms with Crippen molar-refractivity contribution in [2.24, 2.45) is 5.11 Å². The molecule has 1 saturated heterocycles. The Morgan fingerprint density at radius 2 is 2.10 bits per heavy atom. The molecule has 1 heterocycles. The molecule has 0 saturated carbocycles. The number of rotatable bonds is 2. The highest BCUT2D eigenvalue weighted by Gasteiger charge is 2.49. The topological polar surface area (TPSA) is 125 Å². The van der Waals surface area contributed by atoms with Gasteiger partial charge in [-0.1, -0.05) is 5.11 Å². The number of hydrogen-bond acceptors (Lipinski definition) is 6. The highest BCUT2D eigenvalue weighted by molar-refractivity contribution is 5.81. The molecule has 0 spiro atoms. The van der Waals surface area contributed by atoms with Crippen LogP contribution in [0.3, 0.4) is 0 Å². The molecule has 2 unspecified atom stereocenters. The summed E-state index contributed by atoms with van der Waals surface area (Å²) in [7, 11) is 1.13. The van der Waals surface area contributed by atoms with Gasteiger partial charge in [-0.15, -0.1) is 0 Å². The van der Waals surface area contributed by atoms with E-state index in [4.69, 9.17) is 10.3 Å². The molecule has 0 aromatic carbocycles. The summed E-state index contributed by atoms with van der Waals surface area (Å²) in [6, 6.07) is -1.13. The minimum atomic E-state index is -1.93. The molecule has 1 rings (SSSR count). The molecule has 1 amide bonds. The van der Waals surface area contributed by atoms with Crippen molar-refractivity contribution < 1.29 is 24.2 Å². The van der Waals surface area contributed by atoms with E-state index >= 15 is 0 Å². The van der Waals surface area contributed by atoms with Crippen molar-refractivity contribution in [3.05, 3.63) is 10.4 Å². The number of ether oxygens (including phenoxy) is 2. The van der Waals surface area contributed by atoms with Gasteiger partial charge < -0.3 is 19.5 Å². The molecule has 118 valence electrons. The van der Waals surface area contributed by atoms with Gasteiger partial charge in [0.1, 0.15) is 5.60 Å². The first kappa shape index (κ1) is 17.1. The van der Waals surface area contributed by atoms with Gasteiger partial charge >= 0.3 is 12.1 Å². The molecule has 1 fully saturated rings. The number of likely N-dealkylation sites (tertiary alicyclic amines) is 1. The summed E-state index contributed by atoms with van der Waals surface area (Å²) in [6.07, 6.45) is -0.685. The zero-order valence-electron chi connectivity index (χ0n) is 12.6. The third-order valence-corrected chi connectivity index (χ3v) is 3.09. The normalized spacial score (nSPS) is 25.8. The Morgan fingerprint density at radius 1 is 1.48 bits per heavy atom. The van der Waals surface area contributed by atoms with Crippen LogP contribution in [0.2, 0.25) is 0 Å². The van der Waals surface area contributed by atoms with Gasteiger partial charge in [-0.3, -0.25) is 0 Å². The van der Waals surface area contributed by atoms with Gasteiger partial charge in [0.05, 0.1) is 13.2 Å². The van der Waals surface area contributed by atoms with Crippen molar-refractivity contribution in [1.29, 1.82) is 0 Å². The molecule has 9 nitrogen and oxygen atoms in total. The monoisotopic (exact) mass is 300 g/mol. The van der Waals surface area contributed by atoms with Crippen LogP contribution >= 0.6 is 0 Å². The summed E-state index contributed by atoms with van der Waals surface area (Å²) >= 11 is 0. The maximum Gasteiger partial charge on any atom is 0.410 e. The second kappa shape index (κ2) is 6.19. The largest absolute Gasteiger partial charge is 0.467 e. The van der Waals surface area contributed by atoms with Crippen LogP contribution in [0.5, 0.6) is 0 Å². The zero-order valence-corrected chi connectivity index (χ0v) is 12.6. The van der Waals surface area contributed by atoms with Crippen LogP contribution in [0.15, 0.2) is 5.11 Å². The quantitative estimate of drug-likeness (QED) is 0.355. The van der Waals surface area contributed by atoms with E-state index in [1.54, 1.807) is 20.8 Å². The fraction of sp³-hybridized carbons (Fsp3) is 0.833. The van der Waals surface area contributed by atoms with Crippen LogP contribution in [0.1, 0.15) is 27.2 Å². The number of aliphatic hydroxyl groups is 1. The second-order valence-electron chi connectivity index (χ2n) is 5.81. The summed E-state index contributed by atoms with van der Waals surface area (Å²) in [5, 5.41) is 13.8. The predicted molar refractivity (Wildman–Crippen MR) is 72.3 cm³/mol. The summed E-state index contributed by atoms with van der Waals surface area (Å²) in [5.74, 6) is -0.885. The third kappa shape index (κ3) is 3.99. The number of nitrogens with zero attached hydrogens (tertiary/aromatic N) is 4. The molecule has 21 heavy (non-hydrogen) atoms. The van der Waals surface area contributed by atoms with Crippen molar-refractivity contribution in [3.63, 3.8) is 0 Å². The summed E-state index contributed by atoms with van der Waals surface area (Å²) in [4.78, 5) is 27.6. The minimum Gasteiger partial charge on any atom is -0.467 e. The van der Waals surface area contributed by atoms with Crippen LogP contribution in [-0.2, 0) is 14.3 Å². The highest BCUT2D eigenvalue weighted by Crippen LogP contribution is 2.27. The Morgan fingerprint density at radius 3 is 2.57 bits per heavy atom. The number of azide groups is 1. The molecular formula is C12H20N4O5. The first-order valence-corrected chi connectivity index (χ1v) is 6.47. The number of carbonyl (C=O) groups is 2. The van der Waals surface area contributed by atoms with Crippen LogP contribution in [0, 0.1) is 0 Å². The lowest BCUT2D eigenvalue weighted by atomic mass is 9.87. The third-order valence-electron chi connectivity index (χ3n) is 3.09. The summed E-state index contributed by atoms with van der Waals surface area (Å²) < 4.78 is 9.75. The molecule has 2 atom stereocenters. The zero-order chi connectivity index (χ0) is 16.3. The number of piperidine rings is 1. The molecule has 0 radical (unpaired) electrons. The Hall–Kier alpha value is -1.99. The fourth-order valence-corrected chi connectivity index (χ4v) is 2.02. The van der Waals surface area contributed by atoms with Crippen molar-refractivity contribution in [1.82, 2.24) is 4.90 Å². The number of amides is 1. The van der Waals surface area contributed by atoms with Crippen LogP contribution in [0.25, 0.3) is 10.4 Å². The lowest BCUT2D eigenvalue weighted by Crippen LogP contribution is -2.60. The van der Waals surface area contributed by atoms with Gasteiger partial charge in [0.15, 0.2) is 5.60 Å². The Balaban J connectivity index is 2.90. The van der Waals surface area contributed by atoms with Gasteiger partial charge in [0.25, 0.3) is 0 Å². The van der Waals surface area contributed by atoms with Gasteiger partial charge in [-0.25, -0.2) is 9.59 Å². The van der Waals surface area contributed by atoms with E-state index in [1.165, 1.54) is 4.90 Å². The fourth-order valence-electron chi connectivity index (χ4n) is 2.02. The van der Waals surface area contributed by atoms with E-state index in [0.29, 0.717) is 0 Å². The standard InChI is InChI=1S/C12H20N4O5/c1-11(2,3)21-10(18)16-6-5-12(19,9(17)20-4)8(7-16)14-15-13/h8,19H,5-7H2,1-4H3. The first-order valence-electron chi connectivity index (χ1n) is 6.47. The number of hydrogen-bond donors (Lipinski definition) is 1. The Labute approximate surface area is 122 Å². The number of esters is 1. The second-order valence-corrected chi connectivity index (χ2v) is 5.81. The SMILES string of the molecule is COC(=O)C1(O)CCN(C(=O)OC(C)(C)C)CC1N=[N+]=[N-]. The van der Waals surface area contributed by atoms with Crippen LogP contribution < -0.4 is 0 Å². The first-order chi connectivity index (χ1) is 9.64. The smallest absolute Gasteiger partial charge is 0.410 e. The molecule has 1 aliphatic rings. The number of methoxy groups -OCH3 is 1. The predicted octanol–water partition coefficient (Wildman–Crippen LogP) is 1.21. The molecule has 0 aliphatic carbocycles. The molecule has 9 heteroatoms. The molecule has 1 aliphatic heterocycles.